The predicted octanol–water partition coefficient (Wildman–Crippen LogP) is 6.86. The minimum Gasteiger partial charge on any atom is -0.490 e. The van der Waals surface area contributed by atoms with Gasteiger partial charge in [-0.2, -0.15) is 0 Å². The van der Waals surface area contributed by atoms with Gasteiger partial charge in [0.2, 0.25) is 0 Å². The molecule has 1 aliphatic heterocycles. The highest BCUT2D eigenvalue weighted by molar-refractivity contribution is 8.18. The highest BCUT2D eigenvalue weighted by atomic mass is 35.5. The van der Waals surface area contributed by atoms with Crippen molar-refractivity contribution in [3.63, 3.8) is 0 Å². The number of benzene rings is 3. The standard InChI is InChI=1S/C27H24ClNO4S/c1-3-32-24-14-21(10-13-23(24)33-17-20-6-4-18(2)5-7-20)15-25-26(30)29(27(31)34-25)16-19-8-11-22(28)12-9-19/h4-15H,3,16-17H2,1-2H3/b25-15-. The van der Waals surface area contributed by atoms with E-state index in [1.165, 1.54) is 10.5 Å². The van der Waals surface area contributed by atoms with Gasteiger partial charge in [0.05, 0.1) is 18.1 Å². The van der Waals surface area contributed by atoms with Crippen molar-refractivity contribution >= 4 is 40.6 Å². The summed E-state index contributed by atoms with van der Waals surface area (Å²) < 4.78 is 11.8. The fourth-order valence-electron chi connectivity index (χ4n) is 3.41. The SMILES string of the molecule is CCOc1cc(/C=C2\SC(=O)N(Cc3ccc(Cl)cc3)C2=O)ccc1OCc1ccc(C)cc1. The van der Waals surface area contributed by atoms with Crippen LogP contribution in [-0.4, -0.2) is 22.7 Å². The summed E-state index contributed by atoms with van der Waals surface area (Å²) in [6, 6.07) is 20.7. The zero-order valence-electron chi connectivity index (χ0n) is 18.9. The van der Waals surface area contributed by atoms with E-state index < -0.39 is 0 Å². The van der Waals surface area contributed by atoms with Gasteiger partial charge in [0, 0.05) is 5.02 Å². The number of nitrogens with zero attached hydrogens (tertiary/aromatic N) is 1. The number of rotatable bonds is 8. The van der Waals surface area contributed by atoms with Gasteiger partial charge in [-0.25, -0.2) is 0 Å². The summed E-state index contributed by atoms with van der Waals surface area (Å²) in [5.74, 6) is 0.891. The molecule has 174 valence electrons. The number of halogens is 1. The van der Waals surface area contributed by atoms with Gasteiger partial charge in [-0.15, -0.1) is 0 Å². The maximum Gasteiger partial charge on any atom is 0.293 e. The van der Waals surface area contributed by atoms with Crippen LogP contribution in [0.25, 0.3) is 6.08 Å². The lowest BCUT2D eigenvalue weighted by molar-refractivity contribution is -0.123. The molecule has 4 rings (SSSR count). The van der Waals surface area contributed by atoms with Crippen LogP contribution in [0.5, 0.6) is 11.5 Å². The third-order valence-corrected chi connectivity index (χ3v) is 6.37. The second-order valence-electron chi connectivity index (χ2n) is 7.81. The molecule has 3 aromatic carbocycles. The number of amides is 2. The number of hydrogen-bond acceptors (Lipinski definition) is 5. The molecule has 0 aromatic heterocycles. The number of imide groups is 1. The molecule has 1 aliphatic rings. The summed E-state index contributed by atoms with van der Waals surface area (Å²) in [4.78, 5) is 27.0. The highest BCUT2D eigenvalue weighted by Crippen LogP contribution is 2.35. The number of hydrogen-bond donors (Lipinski definition) is 0. The van der Waals surface area contributed by atoms with E-state index in [0.717, 1.165) is 28.5 Å². The number of aryl methyl sites for hydroxylation is 1. The lowest BCUT2D eigenvalue weighted by atomic mass is 10.1. The first-order chi connectivity index (χ1) is 16.4. The molecule has 0 saturated carbocycles. The van der Waals surface area contributed by atoms with Crippen molar-refractivity contribution in [2.75, 3.05) is 6.61 Å². The minimum atomic E-state index is -0.317. The molecule has 5 nitrogen and oxygen atoms in total. The third-order valence-electron chi connectivity index (χ3n) is 5.21. The summed E-state index contributed by atoms with van der Waals surface area (Å²) >= 11 is 6.85. The molecule has 2 amide bonds. The van der Waals surface area contributed by atoms with E-state index in [9.17, 15) is 9.59 Å². The van der Waals surface area contributed by atoms with Gasteiger partial charge in [-0.3, -0.25) is 14.5 Å². The van der Waals surface area contributed by atoms with Crippen LogP contribution in [0, 0.1) is 6.92 Å². The molecule has 1 saturated heterocycles. The van der Waals surface area contributed by atoms with Crippen LogP contribution < -0.4 is 9.47 Å². The first kappa shape index (κ1) is 23.9. The largest absolute Gasteiger partial charge is 0.490 e. The van der Waals surface area contributed by atoms with E-state index in [0.29, 0.717) is 34.6 Å². The van der Waals surface area contributed by atoms with Crippen LogP contribution in [0.1, 0.15) is 29.2 Å². The summed E-state index contributed by atoms with van der Waals surface area (Å²) in [5.41, 5.74) is 3.84. The molecule has 1 fully saturated rings. The Morgan fingerprint density at radius 3 is 2.32 bits per heavy atom. The molecule has 0 unspecified atom stereocenters. The molecule has 0 N–H and O–H groups in total. The maximum atomic E-state index is 12.9. The van der Waals surface area contributed by atoms with Gasteiger partial charge in [0.25, 0.3) is 11.1 Å². The van der Waals surface area contributed by atoms with Crippen molar-refractivity contribution < 1.29 is 19.1 Å². The molecule has 0 atom stereocenters. The molecule has 3 aromatic rings. The van der Waals surface area contributed by atoms with Crippen LogP contribution in [0.15, 0.2) is 71.6 Å². The molecule has 1 heterocycles. The fourth-order valence-corrected chi connectivity index (χ4v) is 4.37. The molecule has 0 aliphatic carbocycles. The lowest BCUT2D eigenvalue weighted by Crippen LogP contribution is -2.27. The van der Waals surface area contributed by atoms with Gasteiger partial charge in [0.1, 0.15) is 6.61 Å². The van der Waals surface area contributed by atoms with Crippen molar-refractivity contribution in [3.8, 4) is 11.5 Å². The summed E-state index contributed by atoms with van der Waals surface area (Å²) in [5, 5.41) is 0.309. The Bertz CT molecular complexity index is 1220. The summed E-state index contributed by atoms with van der Waals surface area (Å²) in [6.45, 7) is 5.04. The van der Waals surface area contributed by atoms with Crippen molar-refractivity contribution in [2.45, 2.75) is 27.0 Å². The number of ether oxygens (including phenoxy) is 2. The molecule has 0 radical (unpaired) electrons. The minimum absolute atomic E-state index is 0.204. The van der Waals surface area contributed by atoms with Crippen LogP contribution in [0.3, 0.4) is 0 Å². The average Bonchev–Trinajstić information content (AvgIpc) is 3.08. The van der Waals surface area contributed by atoms with Crippen LogP contribution in [-0.2, 0) is 17.9 Å². The van der Waals surface area contributed by atoms with Gasteiger partial charge in [0.15, 0.2) is 11.5 Å². The van der Waals surface area contributed by atoms with Crippen LogP contribution >= 0.6 is 23.4 Å². The van der Waals surface area contributed by atoms with E-state index >= 15 is 0 Å². The Balaban J connectivity index is 1.49. The van der Waals surface area contributed by atoms with Crippen molar-refractivity contribution in [3.05, 3.63) is 98.9 Å². The van der Waals surface area contributed by atoms with E-state index in [1.54, 1.807) is 30.3 Å². The van der Waals surface area contributed by atoms with Gasteiger partial charge in [-0.1, -0.05) is 59.6 Å². The normalized spacial score (nSPS) is 14.7. The molecular formula is C27H24ClNO4S. The molecule has 0 spiro atoms. The Hall–Kier alpha value is -3.22. The Morgan fingerprint density at radius 1 is 0.912 bits per heavy atom. The second kappa shape index (κ2) is 10.8. The first-order valence-corrected chi connectivity index (χ1v) is 12.1. The number of carbonyl (C=O) groups excluding carboxylic acids is 2. The Labute approximate surface area is 208 Å². The molecular weight excluding hydrogens is 470 g/mol. The van der Waals surface area contributed by atoms with Crippen LogP contribution in [0.2, 0.25) is 5.02 Å². The van der Waals surface area contributed by atoms with E-state index in [1.807, 2.05) is 56.3 Å². The first-order valence-electron chi connectivity index (χ1n) is 10.9. The quantitative estimate of drug-likeness (QED) is 0.321. The van der Waals surface area contributed by atoms with Gasteiger partial charge < -0.3 is 9.47 Å². The average molecular weight is 494 g/mol. The smallest absolute Gasteiger partial charge is 0.293 e. The van der Waals surface area contributed by atoms with Crippen molar-refractivity contribution in [1.82, 2.24) is 4.90 Å². The maximum absolute atomic E-state index is 12.9. The van der Waals surface area contributed by atoms with Crippen molar-refractivity contribution in [2.24, 2.45) is 0 Å². The zero-order chi connectivity index (χ0) is 24.1. The molecule has 34 heavy (non-hydrogen) atoms. The van der Waals surface area contributed by atoms with Gasteiger partial charge in [-0.05, 0) is 72.6 Å². The van der Waals surface area contributed by atoms with Crippen LogP contribution in [0.4, 0.5) is 4.79 Å². The second-order valence-corrected chi connectivity index (χ2v) is 9.24. The highest BCUT2D eigenvalue weighted by Gasteiger charge is 2.35. The Kier molecular flexibility index (Phi) is 7.60. The van der Waals surface area contributed by atoms with Gasteiger partial charge >= 0.3 is 0 Å². The monoisotopic (exact) mass is 493 g/mol. The van der Waals surface area contributed by atoms with E-state index in [4.69, 9.17) is 21.1 Å². The fraction of sp³-hybridized carbons (Fsp3) is 0.185. The zero-order valence-corrected chi connectivity index (χ0v) is 20.5. The van der Waals surface area contributed by atoms with E-state index in [2.05, 4.69) is 0 Å². The number of thioether (sulfide) groups is 1. The predicted molar refractivity (Wildman–Crippen MR) is 136 cm³/mol. The summed E-state index contributed by atoms with van der Waals surface area (Å²) in [6.07, 6.45) is 1.71. The third kappa shape index (κ3) is 5.82. The topological polar surface area (TPSA) is 55.8 Å². The number of carbonyl (C=O) groups is 2. The van der Waals surface area contributed by atoms with E-state index in [-0.39, 0.29) is 17.7 Å². The summed E-state index contributed by atoms with van der Waals surface area (Å²) in [7, 11) is 0. The van der Waals surface area contributed by atoms with Crippen molar-refractivity contribution in [1.29, 1.82) is 0 Å². The molecule has 7 heteroatoms. The lowest BCUT2D eigenvalue weighted by Gasteiger charge is -2.13. The molecule has 0 bridgehead atoms. The Morgan fingerprint density at radius 2 is 1.62 bits per heavy atom.